The van der Waals surface area contributed by atoms with Crippen LogP contribution in [0.2, 0.25) is 0 Å². The third-order valence-electron chi connectivity index (χ3n) is 5.71. The zero-order valence-electron chi connectivity index (χ0n) is 18.4. The predicted octanol–water partition coefficient (Wildman–Crippen LogP) is 4.10. The number of rotatable bonds is 6. The maximum Gasteiger partial charge on any atom is 0.357 e. The van der Waals surface area contributed by atoms with Gasteiger partial charge in [-0.2, -0.15) is 5.10 Å². The van der Waals surface area contributed by atoms with Gasteiger partial charge in [-0.1, -0.05) is 42.8 Å². The lowest BCUT2D eigenvalue weighted by molar-refractivity contribution is 0.0549. The quantitative estimate of drug-likeness (QED) is 0.545. The molecule has 0 spiro atoms. The zero-order chi connectivity index (χ0) is 22.5. The van der Waals surface area contributed by atoms with Crippen molar-refractivity contribution < 1.29 is 19.1 Å². The molecule has 1 saturated heterocycles. The van der Waals surface area contributed by atoms with E-state index in [0.29, 0.717) is 11.4 Å². The van der Waals surface area contributed by atoms with Crippen LogP contribution in [0.5, 0.6) is 0 Å². The van der Waals surface area contributed by atoms with Crippen molar-refractivity contribution in [1.29, 1.82) is 0 Å². The van der Waals surface area contributed by atoms with E-state index in [2.05, 4.69) is 16.1 Å². The van der Waals surface area contributed by atoms with Gasteiger partial charge in [0.1, 0.15) is 11.3 Å². The number of carbonyl (C=O) groups excluding carboxylic acids is 2. The Morgan fingerprint density at radius 2 is 1.62 bits per heavy atom. The maximum atomic E-state index is 12.8. The Balaban J connectivity index is 1.83. The molecule has 0 amide bonds. The van der Waals surface area contributed by atoms with Crippen LogP contribution in [0.4, 0.5) is 0 Å². The van der Waals surface area contributed by atoms with E-state index in [1.165, 1.54) is 38.2 Å². The van der Waals surface area contributed by atoms with Crippen molar-refractivity contribution in [1.82, 2.24) is 14.7 Å². The molecule has 166 valence electrons. The van der Waals surface area contributed by atoms with Crippen LogP contribution < -0.4 is 0 Å². The van der Waals surface area contributed by atoms with Gasteiger partial charge in [0.2, 0.25) is 0 Å². The van der Waals surface area contributed by atoms with Crippen molar-refractivity contribution in [2.24, 2.45) is 0 Å². The SMILES string of the molecule is COC(=O)c1c(-c2cccc(CN3CCCCC3)c2)nn(-c2ccccc2)c1C(=O)OC. The molecule has 0 radical (unpaired) electrons. The van der Waals surface area contributed by atoms with Crippen LogP contribution in [0.3, 0.4) is 0 Å². The summed E-state index contributed by atoms with van der Waals surface area (Å²) in [6.07, 6.45) is 3.72. The lowest BCUT2D eigenvalue weighted by Gasteiger charge is -2.26. The van der Waals surface area contributed by atoms with Gasteiger partial charge in [0, 0.05) is 12.1 Å². The number of piperidine rings is 1. The van der Waals surface area contributed by atoms with Crippen molar-refractivity contribution in [2.45, 2.75) is 25.8 Å². The fraction of sp³-hybridized carbons (Fsp3) is 0.320. The summed E-state index contributed by atoms with van der Waals surface area (Å²) in [5, 5.41) is 4.68. The van der Waals surface area contributed by atoms with Crippen molar-refractivity contribution >= 4 is 11.9 Å². The van der Waals surface area contributed by atoms with E-state index in [9.17, 15) is 9.59 Å². The first-order valence-corrected chi connectivity index (χ1v) is 10.8. The van der Waals surface area contributed by atoms with Crippen molar-refractivity contribution in [3.8, 4) is 16.9 Å². The number of aromatic nitrogens is 2. The smallest absolute Gasteiger partial charge is 0.357 e. The third-order valence-corrected chi connectivity index (χ3v) is 5.71. The molecule has 3 aromatic rings. The number of nitrogens with zero attached hydrogens (tertiary/aromatic N) is 3. The molecule has 32 heavy (non-hydrogen) atoms. The minimum atomic E-state index is -0.655. The summed E-state index contributed by atoms with van der Waals surface area (Å²) in [4.78, 5) is 28.0. The van der Waals surface area contributed by atoms with Crippen molar-refractivity contribution in [2.75, 3.05) is 27.3 Å². The lowest BCUT2D eigenvalue weighted by Crippen LogP contribution is -2.29. The molecular formula is C25H27N3O4. The average molecular weight is 434 g/mol. The molecule has 1 fully saturated rings. The van der Waals surface area contributed by atoms with E-state index in [1.54, 1.807) is 0 Å². The Morgan fingerprint density at radius 1 is 0.906 bits per heavy atom. The number of para-hydroxylation sites is 1. The van der Waals surface area contributed by atoms with Gasteiger partial charge >= 0.3 is 11.9 Å². The maximum absolute atomic E-state index is 12.8. The second-order valence-corrected chi connectivity index (χ2v) is 7.84. The van der Waals surface area contributed by atoms with E-state index in [-0.39, 0.29) is 11.3 Å². The second kappa shape index (κ2) is 9.78. The molecule has 0 aliphatic carbocycles. The van der Waals surface area contributed by atoms with Gasteiger partial charge in [-0.3, -0.25) is 4.90 Å². The van der Waals surface area contributed by atoms with Gasteiger partial charge in [0.05, 0.1) is 19.9 Å². The van der Waals surface area contributed by atoms with E-state index >= 15 is 0 Å². The lowest BCUT2D eigenvalue weighted by atomic mass is 10.0. The first-order valence-electron chi connectivity index (χ1n) is 10.8. The van der Waals surface area contributed by atoms with Crippen LogP contribution in [0.25, 0.3) is 16.9 Å². The standard InChI is InChI=1S/C25H27N3O4/c1-31-24(29)21-22(19-11-9-10-18(16-19)17-27-14-7-4-8-15-27)26-28(23(21)25(30)32-2)20-12-5-3-6-13-20/h3,5-6,9-13,16H,4,7-8,14-15,17H2,1-2H3. The summed E-state index contributed by atoms with van der Waals surface area (Å²) in [6, 6.07) is 17.1. The molecule has 0 N–H and O–H groups in total. The van der Waals surface area contributed by atoms with Gasteiger partial charge in [0.15, 0.2) is 5.69 Å². The minimum absolute atomic E-state index is 0.0435. The average Bonchev–Trinajstić information content (AvgIpc) is 3.25. The molecule has 0 atom stereocenters. The Morgan fingerprint density at radius 3 is 2.31 bits per heavy atom. The van der Waals surface area contributed by atoms with E-state index in [0.717, 1.165) is 30.8 Å². The van der Waals surface area contributed by atoms with Crippen LogP contribution in [0.15, 0.2) is 54.6 Å². The topological polar surface area (TPSA) is 73.7 Å². The summed E-state index contributed by atoms with van der Waals surface area (Å²) in [5.41, 5.74) is 3.06. The number of benzene rings is 2. The summed E-state index contributed by atoms with van der Waals surface area (Å²) < 4.78 is 11.5. The van der Waals surface area contributed by atoms with E-state index in [1.807, 2.05) is 48.5 Å². The molecule has 4 rings (SSSR count). The number of hydrogen-bond acceptors (Lipinski definition) is 6. The molecule has 0 unspecified atom stereocenters. The summed E-state index contributed by atoms with van der Waals surface area (Å²) in [7, 11) is 2.57. The number of carbonyl (C=O) groups is 2. The zero-order valence-corrected chi connectivity index (χ0v) is 18.4. The van der Waals surface area contributed by atoms with Crippen LogP contribution in [0.1, 0.15) is 45.7 Å². The summed E-state index contributed by atoms with van der Waals surface area (Å²) >= 11 is 0. The van der Waals surface area contributed by atoms with Gasteiger partial charge in [0.25, 0.3) is 0 Å². The Hall–Kier alpha value is -3.45. The van der Waals surface area contributed by atoms with Crippen LogP contribution in [0, 0.1) is 0 Å². The Bertz CT molecular complexity index is 1100. The summed E-state index contributed by atoms with van der Waals surface area (Å²) in [5.74, 6) is -1.29. The van der Waals surface area contributed by atoms with Gasteiger partial charge in [-0.05, 0) is 49.7 Å². The number of ether oxygens (including phenoxy) is 2. The largest absolute Gasteiger partial charge is 0.465 e. The minimum Gasteiger partial charge on any atom is -0.465 e. The number of esters is 2. The summed E-state index contributed by atoms with van der Waals surface area (Å²) in [6.45, 7) is 3.02. The molecule has 0 bridgehead atoms. The third kappa shape index (κ3) is 4.43. The number of hydrogen-bond donors (Lipinski definition) is 0. The van der Waals surface area contributed by atoms with Crippen molar-refractivity contribution in [3.63, 3.8) is 0 Å². The molecule has 7 heteroatoms. The molecule has 7 nitrogen and oxygen atoms in total. The first kappa shape index (κ1) is 21.8. The van der Waals surface area contributed by atoms with E-state index < -0.39 is 11.9 Å². The highest BCUT2D eigenvalue weighted by molar-refractivity contribution is 6.06. The molecule has 1 aliphatic heterocycles. The normalized spacial score (nSPS) is 14.2. The molecule has 2 aromatic carbocycles. The highest BCUT2D eigenvalue weighted by Gasteiger charge is 2.31. The van der Waals surface area contributed by atoms with E-state index in [4.69, 9.17) is 9.47 Å². The first-order chi connectivity index (χ1) is 15.6. The molecule has 1 aliphatic rings. The molecule has 2 heterocycles. The molecular weight excluding hydrogens is 406 g/mol. The fourth-order valence-corrected chi connectivity index (χ4v) is 4.15. The Labute approximate surface area is 187 Å². The van der Waals surface area contributed by atoms with Gasteiger partial charge in [-0.15, -0.1) is 0 Å². The van der Waals surface area contributed by atoms with Crippen LogP contribution in [-0.4, -0.2) is 53.9 Å². The second-order valence-electron chi connectivity index (χ2n) is 7.84. The molecule has 0 saturated carbocycles. The van der Waals surface area contributed by atoms with Crippen molar-refractivity contribution in [3.05, 3.63) is 71.4 Å². The Kier molecular flexibility index (Phi) is 6.66. The fourth-order valence-electron chi connectivity index (χ4n) is 4.15. The highest BCUT2D eigenvalue weighted by atomic mass is 16.5. The van der Waals surface area contributed by atoms with Crippen LogP contribution in [-0.2, 0) is 16.0 Å². The number of methoxy groups -OCH3 is 2. The number of likely N-dealkylation sites (tertiary alicyclic amines) is 1. The monoisotopic (exact) mass is 433 g/mol. The molecule has 1 aromatic heterocycles. The predicted molar refractivity (Wildman–Crippen MR) is 121 cm³/mol. The van der Waals surface area contributed by atoms with Gasteiger partial charge in [-0.25, -0.2) is 14.3 Å². The van der Waals surface area contributed by atoms with Gasteiger partial charge < -0.3 is 9.47 Å². The highest BCUT2D eigenvalue weighted by Crippen LogP contribution is 2.30. The van der Waals surface area contributed by atoms with Crippen LogP contribution >= 0.6 is 0 Å².